The van der Waals surface area contributed by atoms with Gasteiger partial charge in [-0.3, -0.25) is 9.69 Å². The lowest BCUT2D eigenvalue weighted by atomic mass is 10.1. The van der Waals surface area contributed by atoms with E-state index in [2.05, 4.69) is 41.4 Å². The Morgan fingerprint density at radius 3 is 2.95 bits per heavy atom. The molecule has 1 saturated heterocycles. The number of carbonyl (C=O) groups is 1. The number of likely N-dealkylation sites (tertiary alicyclic amines) is 1. The molecule has 0 aliphatic carbocycles. The van der Waals surface area contributed by atoms with Crippen molar-refractivity contribution in [3.05, 3.63) is 59.5 Å². The molecule has 1 aromatic heterocycles. The van der Waals surface area contributed by atoms with E-state index in [9.17, 15) is 4.79 Å². The zero-order valence-electron chi connectivity index (χ0n) is 12.9. The first-order valence-electron chi connectivity index (χ1n) is 7.82. The Morgan fingerprint density at radius 2 is 2.18 bits per heavy atom. The standard InChI is InChI=1S/C18H22N2O2/c1-14-6-2-3-7-15(14)13-20-10-4-9-17(20)18(21)19-12-16-8-5-11-22-16/h2-3,5-8,11,17H,4,9-10,12-13H2,1H3,(H,19,21)/t17-/m0/s1. The zero-order chi connectivity index (χ0) is 15.4. The number of nitrogens with one attached hydrogen (secondary N) is 1. The molecule has 4 nitrogen and oxygen atoms in total. The molecule has 1 aliphatic heterocycles. The van der Waals surface area contributed by atoms with Crippen LogP contribution in [0, 0.1) is 6.92 Å². The van der Waals surface area contributed by atoms with Crippen LogP contribution in [-0.4, -0.2) is 23.4 Å². The molecular formula is C18H22N2O2. The normalized spacial score (nSPS) is 18.5. The Morgan fingerprint density at radius 1 is 1.32 bits per heavy atom. The number of benzene rings is 1. The van der Waals surface area contributed by atoms with Crippen molar-refractivity contribution in [1.82, 2.24) is 10.2 Å². The molecular weight excluding hydrogens is 276 g/mol. The summed E-state index contributed by atoms with van der Waals surface area (Å²) in [7, 11) is 0. The number of furan rings is 1. The largest absolute Gasteiger partial charge is 0.467 e. The summed E-state index contributed by atoms with van der Waals surface area (Å²) in [5, 5.41) is 2.98. The molecule has 0 unspecified atom stereocenters. The van der Waals surface area contributed by atoms with Gasteiger partial charge in [0.05, 0.1) is 18.8 Å². The Balaban J connectivity index is 1.60. The first kappa shape index (κ1) is 14.9. The average molecular weight is 298 g/mol. The van der Waals surface area contributed by atoms with Crippen LogP contribution in [0.15, 0.2) is 47.1 Å². The third-order valence-electron chi connectivity index (χ3n) is 4.32. The fourth-order valence-electron chi connectivity index (χ4n) is 3.02. The fourth-order valence-corrected chi connectivity index (χ4v) is 3.02. The predicted octanol–water partition coefficient (Wildman–Crippen LogP) is 2.87. The van der Waals surface area contributed by atoms with Crippen molar-refractivity contribution in [2.75, 3.05) is 6.54 Å². The maximum absolute atomic E-state index is 12.4. The van der Waals surface area contributed by atoms with Crippen LogP contribution in [-0.2, 0) is 17.9 Å². The monoisotopic (exact) mass is 298 g/mol. The highest BCUT2D eigenvalue weighted by Crippen LogP contribution is 2.21. The molecule has 1 fully saturated rings. The fraction of sp³-hybridized carbons (Fsp3) is 0.389. The Kier molecular flexibility index (Phi) is 4.59. The van der Waals surface area contributed by atoms with Crippen molar-refractivity contribution in [2.24, 2.45) is 0 Å². The van der Waals surface area contributed by atoms with E-state index in [0.717, 1.165) is 31.7 Å². The minimum atomic E-state index is -0.0328. The summed E-state index contributed by atoms with van der Waals surface area (Å²) in [6.45, 7) is 4.40. The van der Waals surface area contributed by atoms with Crippen LogP contribution in [0.1, 0.15) is 29.7 Å². The molecule has 0 saturated carbocycles. The van der Waals surface area contributed by atoms with Crippen molar-refractivity contribution in [1.29, 1.82) is 0 Å². The van der Waals surface area contributed by atoms with Gasteiger partial charge in [-0.25, -0.2) is 0 Å². The second-order valence-corrected chi connectivity index (χ2v) is 5.85. The van der Waals surface area contributed by atoms with E-state index in [1.54, 1.807) is 6.26 Å². The van der Waals surface area contributed by atoms with Crippen molar-refractivity contribution in [3.63, 3.8) is 0 Å². The molecule has 2 aromatic rings. The maximum atomic E-state index is 12.4. The lowest BCUT2D eigenvalue weighted by Gasteiger charge is -2.24. The van der Waals surface area contributed by atoms with E-state index in [-0.39, 0.29) is 11.9 Å². The summed E-state index contributed by atoms with van der Waals surface area (Å²) in [6, 6.07) is 12.1. The van der Waals surface area contributed by atoms with Crippen molar-refractivity contribution >= 4 is 5.91 Å². The van der Waals surface area contributed by atoms with E-state index >= 15 is 0 Å². The van der Waals surface area contributed by atoms with Crippen LogP contribution in [0.4, 0.5) is 0 Å². The summed E-state index contributed by atoms with van der Waals surface area (Å²) < 4.78 is 5.26. The first-order valence-corrected chi connectivity index (χ1v) is 7.82. The molecule has 0 radical (unpaired) electrons. The number of carbonyl (C=O) groups excluding carboxylic acids is 1. The minimum absolute atomic E-state index is 0.0328. The van der Waals surface area contributed by atoms with E-state index < -0.39 is 0 Å². The van der Waals surface area contributed by atoms with Gasteiger partial charge in [0.2, 0.25) is 5.91 Å². The van der Waals surface area contributed by atoms with Crippen molar-refractivity contribution in [2.45, 2.75) is 38.9 Å². The maximum Gasteiger partial charge on any atom is 0.237 e. The average Bonchev–Trinajstić information content (AvgIpc) is 3.18. The van der Waals surface area contributed by atoms with E-state index in [1.165, 1.54) is 11.1 Å². The second-order valence-electron chi connectivity index (χ2n) is 5.85. The van der Waals surface area contributed by atoms with Gasteiger partial charge in [0.15, 0.2) is 0 Å². The van der Waals surface area contributed by atoms with Crippen LogP contribution in [0.3, 0.4) is 0 Å². The van der Waals surface area contributed by atoms with E-state index in [4.69, 9.17) is 4.42 Å². The van der Waals surface area contributed by atoms with Gasteiger partial charge in [-0.15, -0.1) is 0 Å². The SMILES string of the molecule is Cc1ccccc1CN1CCC[C@H]1C(=O)NCc1ccco1. The molecule has 1 N–H and O–H groups in total. The van der Waals surface area contributed by atoms with Gasteiger partial charge in [-0.05, 0) is 49.6 Å². The van der Waals surface area contributed by atoms with Crippen LogP contribution in [0.2, 0.25) is 0 Å². The number of rotatable bonds is 5. The lowest BCUT2D eigenvalue weighted by Crippen LogP contribution is -2.42. The summed E-state index contributed by atoms with van der Waals surface area (Å²) in [5.74, 6) is 0.888. The highest BCUT2D eigenvalue weighted by Gasteiger charge is 2.30. The highest BCUT2D eigenvalue weighted by molar-refractivity contribution is 5.81. The van der Waals surface area contributed by atoms with Crippen LogP contribution >= 0.6 is 0 Å². The molecule has 116 valence electrons. The van der Waals surface area contributed by atoms with E-state index in [1.807, 2.05) is 12.1 Å². The molecule has 22 heavy (non-hydrogen) atoms. The number of hydrogen-bond donors (Lipinski definition) is 1. The molecule has 0 spiro atoms. The number of amides is 1. The molecule has 1 atom stereocenters. The number of hydrogen-bond acceptors (Lipinski definition) is 3. The summed E-state index contributed by atoms with van der Waals surface area (Å²) >= 11 is 0. The lowest BCUT2D eigenvalue weighted by molar-refractivity contribution is -0.125. The van der Waals surface area contributed by atoms with Crippen molar-refractivity contribution in [3.8, 4) is 0 Å². The molecule has 4 heteroatoms. The third kappa shape index (κ3) is 3.39. The minimum Gasteiger partial charge on any atom is -0.467 e. The smallest absolute Gasteiger partial charge is 0.237 e. The Labute approximate surface area is 131 Å². The van der Waals surface area contributed by atoms with E-state index in [0.29, 0.717) is 6.54 Å². The van der Waals surface area contributed by atoms with Gasteiger partial charge in [0.25, 0.3) is 0 Å². The van der Waals surface area contributed by atoms with Gasteiger partial charge in [0.1, 0.15) is 5.76 Å². The quantitative estimate of drug-likeness (QED) is 0.923. The molecule has 1 aromatic carbocycles. The number of nitrogens with zero attached hydrogens (tertiary/aromatic N) is 1. The van der Waals surface area contributed by atoms with Crippen molar-refractivity contribution < 1.29 is 9.21 Å². The highest BCUT2D eigenvalue weighted by atomic mass is 16.3. The Bertz CT molecular complexity index is 622. The van der Waals surface area contributed by atoms with Gasteiger partial charge in [-0.1, -0.05) is 24.3 Å². The Hall–Kier alpha value is -2.07. The topological polar surface area (TPSA) is 45.5 Å². The third-order valence-corrected chi connectivity index (χ3v) is 4.32. The number of aryl methyl sites for hydroxylation is 1. The molecule has 1 aliphatic rings. The van der Waals surface area contributed by atoms with Crippen LogP contribution < -0.4 is 5.32 Å². The first-order chi connectivity index (χ1) is 10.7. The summed E-state index contributed by atoms with van der Waals surface area (Å²) in [4.78, 5) is 14.7. The van der Waals surface area contributed by atoms with Crippen LogP contribution in [0.25, 0.3) is 0 Å². The predicted molar refractivity (Wildman–Crippen MR) is 85.2 cm³/mol. The summed E-state index contributed by atoms with van der Waals surface area (Å²) in [5.41, 5.74) is 2.58. The van der Waals surface area contributed by atoms with Gasteiger partial charge < -0.3 is 9.73 Å². The molecule has 1 amide bonds. The zero-order valence-corrected chi connectivity index (χ0v) is 12.9. The summed E-state index contributed by atoms with van der Waals surface area (Å²) in [6.07, 6.45) is 3.63. The van der Waals surface area contributed by atoms with Crippen LogP contribution in [0.5, 0.6) is 0 Å². The van der Waals surface area contributed by atoms with Gasteiger partial charge >= 0.3 is 0 Å². The molecule has 3 rings (SSSR count). The molecule has 0 bridgehead atoms. The second kappa shape index (κ2) is 6.79. The van der Waals surface area contributed by atoms with Gasteiger partial charge in [0, 0.05) is 6.54 Å². The molecule has 2 heterocycles. The van der Waals surface area contributed by atoms with Gasteiger partial charge in [-0.2, -0.15) is 0 Å².